The fourth-order valence-corrected chi connectivity index (χ4v) is 3.53. The lowest BCUT2D eigenvalue weighted by molar-refractivity contribution is -0.121. The Hall–Kier alpha value is -2.55. The van der Waals surface area contributed by atoms with E-state index in [-0.39, 0.29) is 17.7 Å². The molecule has 1 aliphatic heterocycles. The van der Waals surface area contributed by atoms with E-state index in [1.807, 2.05) is 12.1 Å². The van der Waals surface area contributed by atoms with E-state index in [1.54, 1.807) is 6.07 Å². The summed E-state index contributed by atoms with van der Waals surface area (Å²) in [7, 11) is 0. The molecule has 0 radical (unpaired) electrons. The number of rotatable bonds is 13. The summed E-state index contributed by atoms with van der Waals surface area (Å²) in [5.41, 5.74) is 7.36. The summed E-state index contributed by atoms with van der Waals surface area (Å²) in [6, 6.07) is 7.77. The van der Waals surface area contributed by atoms with Crippen LogP contribution in [0.1, 0.15) is 81.3 Å². The highest BCUT2D eigenvalue weighted by Gasteiger charge is 2.24. The Bertz CT molecular complexity index is 696. The molecule has 6 heteroatoms. The minimum Gasteiger partial charge on any atom is -0.493 e. The van der Waals surface area contributed by atoms with Crippen molar-refractivity contribution in [2.45, 2.75) is 70.1 Å². The van der Waals surface area contributed by atoms with Gasteiger partial charge in [-0.25, -0.2) is 0 Å². The Morgan fingerprint density at radius 3 is 2.64 bits per heavy atom. The predicted octanol–water partition coefficient (Wildman–Crippen LogP) is 3.99. The maximum absolute atomic E-state index is 12.0. The van der Waals surface area contributed by atoms with Gasteiger partial charge in [0.2, 0.25) is 5.91 Å². The van der Waals surface area contributed by atoms with Crippen LogP contribution >= 0.6 is 0 Å². The summed E-state index contributed by atoms with van der Waals surface area (Å²) in [6.45, 7) is 1.25. The molecule has 0 bridgehead atoms. The molecule has 1 amide bonds. The average molecular weight is 385 g/mol. The topological polar surface area (TPSA) is 112 Å². The molecule has 1 aliphatic rings. The van der Waals surface area contributed by atoms with Gasteiger partial charge in [-0.2, -0.15) is 5.26 Å². The lowest BCUT2D eigenvalue weighted by Gasteiger charge is -2.11. The van der Waals surface area contributed by atoms with Crippen LogP contribution < -0.4 is 15.8 Å². The Labute approximate surface area is 168 Å². The molecule has 2 rings (SSSR count). The van der Waals surface area contributed by atoms with Crippen molar-refractivity contribution in [3.05, 3.63) is 29.3 Å². The second kappa shape index (κ2) is 12.0. The smallest absolute Gasteiger partial charge is 0.219 e. The molecule has 0 aromatic heterocycles. The highest BCUT2D eigenvalue weighted by Crippen LogP contribution is 2.36. The van der Waals surface area contributed by atoms with E-state index in [9.17, 15) is 4.79 Å². The number of nitrogens with one attached hydrogen (secondary N) is 2. The van der Waals surface area contributed by atoms with Crippen LogP contribution in [0.4, 0.5) is 0 Å². The van der Waals surface area contributed by atoms with E-state index in [0.717, 1.165) is 49.8 Å². The standard InChI is InChI=1S/C22H32N4O2/c23-13-8-6-4-2-1-3-5-7-9-21(27)26-14-12-18-16-28-20-11-10-17(22(24)25)15-19(18)20/h10-11,15,18H,1-9,12,14,16H2,(H3,24,25)(H,26,27). The highest BCUT2D eigenvalue weighted by atomic mass is 16.5. The van der Waals surface area contributed by atoms with Gasteiger partial charge in [0.1, 0.15) is 11.6 Å². The zero-order chi connectivity index (χ0) is 20.2. The summed E-state index contributed by atoms with van der Waals surface area (Å²) in [6.07, 6.45) is 9.77. The van der Waals surface area contributed by atoms with Crippen LogP contribution in [-0.2, 0) is 4.79 Å². The minimum atomic E-state index is 0.0592. The molecular weight excluding hydrogens is 352 g/mol. The molecule has 0 aliphatic carbocycles. The quantitative estimate of drug-likeness (QED) is 0.271. The first kappa shape index (κ1) is 21.7. The molecule has 1 atom stereocenters. The highest BCUT2D eigenvalue weighted by molar-refractivity contribution is 5.95. The number of hydrogen-bond donors (Lipinski definition) is 3. The van der Waals surface area contributed by atoms with Crippen molar-refractivity contribution >= 4 is 11.7 Å². The molecular formula is C22H32N4O2. The summed E-state index contributed by atoms with van der Waals surface area (Å²) < 4.78 is 5.70. The van der Waals surface area contributed by atoms with Gasteiger partial charge < -0.3 is 15.8 Å². The normalized spacial score (nSPS) is 14.8. The molecule has 0 fully saturated rings. The fraction of sp³-hybridized carbons (Fsp3) is 0.591. The molecule has 4 N–H and O–H groups in total. The zero-order valence-corrected chi connectivity index (χ0v) is 16.6. The van der Waals surface area contributed by atoms with Crippen LogP contribution in [0.5, 0.6) is 5.75 Å². The van der Waals surface area contributed by atoms with Gasteiger partial charge in [0.15, 0.2) is 0 Å². The molecule has 28 heavy (non-hydrogen) atoms. The van der Waals surface area contributed by atoms with Crippen LogP contribution in [0, 0.1) is 16.7 Å². The third kappa shape index (κ3) is 7.22. The average Bonchev–Trinajstić information content (AvgIpc) is 3.09. The number of hydrogen-bond acceptors (Lipinski definition) is 4. The number of amidine groups is 1. The zero-order valence-electron chi connectivity index (χ0n) is 16.6. The van der Waals surface area contributed by atoms with Crippen molar-refractivity contribution in [1.82, 2.24) is 5.32 Å². The van der Waals surface area contributed by atoms with Crippen molar-refractivity contribution in [2.75, 3.05) is 13.2 Å². The van der Waals surface area contributed by atoms with Crippen molar-refractivity contribution in [3.63, 3.8) is 0 Å². The monoisotopic (exact) mass is 384 g/mol. The Morgan fingerprint density at radius 2 is 1.93 bits per heavy atom. The van der Waals surface area contributed by atoms with Gasteiger partial charge in [-0.3, -0.25) is 10.2 Å². The van der Waals surface area contributed by atoms with Gasteiger partial charge in [-0.05, 0) is 37.5 Å². The van der Waals surface area contributed by atoms with E-state index in [0.29, 0.717) is 31.6 Å². The number of nitrogens with two attached hydrogens (primary N) is 1. The number of benzene rings is 1. The number of nitriles is 1. The van der Waals surface area contributed by atoms with Crippen molar-refractivity contribution in [2.24, 2.45) is 5.73 Å². The van der Waals surface area contributed by atoms with Gasteiger partial charge in [-0.1, -0.05) is 32.1 Å². The van der Waals surface area contributed by atoms with Crippen LogP contribution in [0.15, 0.2) is 18.2 Å². The van der Waals surface area contributed by atoms with Gasteiger partial charge in [0.25, 0.3) is 0 Å². The van der Waals surface area contributed by atoms with E-state index in [2.05, 4.69) is 11.4 Å². The fourth-order valence-electron chi connectivity index (χ4n) is 3.53. The largest absolute Gasteiger partial charge is 0.493 e. The lowest BCUT2D eigenvalue weighted by Crippen LogP contribution is -2.25. The Kier molecular flexibility index (Phi) is 9.33. The number of fused-ring (bicyclic) bond motifs is 1. The van der Waals surface area contributed by atoms with Gasteiger partial charge >= 0.3 is 0 Å². The predicted molar refractivity (Wildman–Crippen MR) is 110 cm³/mol. The minimum absolute atomic E-state index is 0.0592. The molecule has 6 nitrogen and oxygen atoms in total. The van der Waals surface area contributed by atoms with E-state index in [4.69, 9.17) is 21.1 Å². The first-order valence-electron chi connectivity index (χ1n) is 10.4. The summed E-state index contributed by atoms with van der Waals surface area (Å²) in [5, 5.41) is 19.1. The molecule has 152 valence electrons. The van der Waals surface area contributed by atoms with Gasteiger partial charge in [0, 0.05) is 36.4 Å². The van der Waals surface area contributed by atoms with Crippen molar-refractivity contribution < 1.29 is 9.53 Å². The third-order valence-corrected chi connectivity index (χ3v) is 5.21. The number of unbranched alkanes of at least 4 members (excludes halogenated alkanes) is 7. The Balaban J connectivity index is 1.56. The molecule has 1 aromatic carbocycles. The maximum atomic E-state index is 12.0. The van der Waals surface area contributed by atoms with Crippen LogP contribution in [0.2, 0.25) is 0 Å². The van der Waals surface area contributed by atoms with E-state index in [1.165, 1.54) is 12.8 Å². The molecule has 0 saturated heterocycles. The van der Waals surface area contributed by atoms with Crippen LogP contribution in [-0.4, -0.2) is 24.9 Å². The third-order valence-electron chi connectivity index (χ3n) is 5.21. The first-order chi connectivity index (χ1) is 13.6. The Morgan fingerprint density at radius 1 is 1.21 bits per heavy atom. The van der Waals surface area contributed by atoms with E-state index < -0.39 is 0 Å². The number of carbonyl (C=O) groups is 1. The molecule has 0 saturated carbocycles. The number of nitrogen functional groups attached to an aromatic ring is 1. The maximum Gasteiger partial charge on any atom is 0.219 e. The molecule has 1 unspecified atom stereocenters. The van der Waals surface area contributed by atoms with E-state index >= 15 is 0 Å². The molecule has 1 heterocycles. The summed E-state index contributed by atoms with van der Waals surface area (Å²) in [5.74, 6) is 1.26. The number of ether oxygens (including phenoxy) is 1. The SMILES string of the molecule is N#CCCCCCCCCCC(=O)NCCC1COc2ccc(C(=N)N)cc21. The van der Waals surface area contributed by atoms with Gasteiger partial charge in [0.05, 0.1) is 12.7 Å². The summed E-state index contributed by atoms with van der Waals surface area (Å²) in [4.78, 5) is 12.0. The van der Waals surface area contributed by atoms with Crippen molar-refractivity contribution in [1.29, 1.82) is 10.7 Å². The first-order valence-corrected chi connectivity index (χ1v) is 10.4. The second-order valence-electron chi connectivity index (χ2n) is 7.45. The van der Waals surface area contributed by atoms with Crippen molar-refractivity contribution in [3.8, 4) is 11.8 Å². The summed E-state index contributed by atoms with van der Waals surface area (Å²) >= 11 is 0. The lowest BCUT2D eigenvalue weighted by atomic mass is 9.96. The number of amides is 1. The van der Waals surface area contributed by atoms with Gasteiger partial charge in [-0.15, -0.1) is 0 Å². The number of carbonyl (C=O) groups excluding carboxylic acids is 1. The molecule has 1 aromatic rings. The number of nitrogens with zero attached hydrogens (tertiary/aromatic N) is 1. The van der Waals surface area contributed by atoms with Crippen LogP contribution in [0.25, 0.3) is 0 Å². The second-order valence-corrected chi connectivity index (χ2v) is 7.45. The van der Waals surface area contributed by atoms with Crippen LogP contribution in [0.3, 0.4) is 0 Å². The molecule has 0 spiro atoms.